The van der Waals surface area contributed by atoms with Crippen LogP contribution in [0.25, 0.3) is 0 Å². The first-order valence-electron chi connectivity index (χ1n) is 10.8. The average molecular weight is 454 g/mol. The van der Waals surface area contributed by atoms with Crippen LogP contribution in [-0.4, -0.2) is 41.0 Å². The zero-order valence-corrected chi connectivity index (χ0v) is 19.9. The Labute approximate surface area is 189 Å². The van der Waals surface area contributed by atoms with Gasteiger partial charge in [-0.2, -0.15) is 4.68 Å². The van der Waals surface area contributed by atoms with E-state index in [2.05, 4.69) is 40.5 Å². The number of alkyl carbamates (subject to hydrolysis) is 1. The fraction of sp³-hybridized carbons (Fsp3) is 0.391. The molecule has 1 amide bonds. The molecule has 1 heterocycles. The lowest BCUT2D eigenvalue weighted by Crippen LogP contribution is -2.28. The number of hydrogen-bond acceptors (Lipinski definition) is 6. The molecule has 0 bridgehead atoms. The molecule has 1 aromatic heterocycles. The van der Waals surface area contributed by atoms with Crippen LogP contribution in [0.5, 0.6) is 0 Å². The molecule has 9 heteroatoms. The highest BCUT2D eigenvalue weighted by Crippen LogP contribution is 2.21. The summed E-state index contributed by atoms with van der Waals surface area (Å²) in [6, 6.07) is 20.5. The normalized spacial score (nSPS) is 12.3. The second-order valence-corrected chi connectivity index (χ2v) is 14.4. The lowest BCUT2D eigenvalue weighted by atomic mass is 10.1. The van der Waals surface area contributed by atoms with Crippen LogP contribution in [0.3, 0.4) is 0 Å². The van der Waals surface area contributed by atoms with Crippen LogP contribution in [0.4, 0.5) is 4.79 Å². The molecule has 0 aliphatic heterocycles. The predicted octanol–water partition coefficient (Wildman–Crippen LogP) is 4.20. The summed E-state index contributed by atoms with van der Waals surface area (Å²) < 4.78 is 13.1. The van der Waals surface area contributed by atoms with Crippen molar-refractivity contribution in [2.24, 2.45) is 0 Å². The second kappa shape index (κ2) is 11.5. The van der Waals surface area contributed by atoms with Crippen molar-refractivity contribution < 1.29 is 14.3 Å². The van der Waals surface area contributed by atoms with E-state index in [1.165, 1.54) is 0 Å². The summed E-state index contributed by atoms with van der Waals surface area (Å²) in [6.07, 6.45) is -0.720. The van der Waals surface area contributed by atoms with Crippen molar-refractivity contribution in [1.29, 1.82) is 0 Å². The molecule has 2 aromatic carbocycles. The van der Waals surface area contributed by atoms with Gasteiger partial charge in [-0.05, 0) is 27.6 Å². The number of benzene rings is 2. The summed E-state index contributed by atoms with van der Waals surface area (Å²) in [6.45, 7) is 8.15. The van der Waals surface area contributed by atoms with Crippen LogP contribution in [0.2, 0.25) is 25.7 Å². The Balaban J connectivity index is 1.66. The van der Waals surface area contributed by atoms with Gasteiger partial charge in [0.05, 0.1) is 0 Å². The summed E-state index contributed by atoms with van der Waals surface area (Å²) in [5.41, 5.74) is 2.01. The van der Waals surface area contributed by atoms with Crippen molar-refractivity contribution in [2.75, 3.05) is 6.61 Å². The molecule has 0 radical (unpaired) electrons. The van der Waals surface area contributed by atoms with Crippen LogP contribution in [0, 0.1) is 0 Å². The first-order valence-corrected chi connectivity index (χ1v) is 14.5. The third-order valence-corrected chi connectivity index (χ3v) is 6.55. The minimum absolute atomic E-state index is 0.215. The van der Waals surface area contributed by atoms with E-state index < -0.39 is 20.3 Å². The van der Waals surface area contributed by atoms with Crippen LogP contribution in [0.1, 0.15) is 23.1 Å². The van der Waals surface area contributed by atoms with Gasteiger partial charge in [-0.15, -0.1) is 5.10 Å². The van der Waals surface area contributed by atoms with E-state index in [-0.39, 0.29) is 6.73 Å². The maximum atomic E-state index is 12.6. The monoisotopic (exact) mass is 453 g/mol. The fourth-order valence-electron chi connectivity index (χ4n) is 3.02. The molecular weight excluding hydrogens is 422 g/mol. The molecule has 1 N–H and O–H groups in total. The summed E-state index contributed by atoms with van der Waals surface area (Å²) in [7, 11) is -1.19. The van der Waals surface area contributed by atoms with Crippen LogP contribution in [-0.2, 0) is 29.2 Å². The van der Waals surface area contributed by atoms with Gasteiger partial charge in [0.1, 0.15) is 6.73 Å². The number of aromatic nitrogens is 4. The topological polar surface area (TPSA) is 91.2 Å². The number of hydrogen-bond donors (Lipinski definition) is 1. The van der Waals surface area contributed by atoms with Crippen molar-refractivity contribution >= 4 is 14.2 Å². The molecule has 0 saturated carbocycles. The second-order valence-electron chi connectivity index (χ2n) is 8.81. The highest BCUT2D eigenvalue weighted by atomic mass is 28.3. The number of rotatable bonds is 11. The number of amides is 1. The highest BCUT2D eigenvalue weighted by molar-refractivity contribution is 6.76. The summed E-state index contributed by atoms with van der Waals surface area (Å²) in [5, 5.41) is 14.8. The largest absolute Gasteiger partial charge is 0.438 e. The van der Waals surface area contributed by atoms with Gasteiger partial charge in [-0.1, -0.05) is 80.3 Å². The molecule has 0 fully saturated rings. The van der Waals surface area contributed by atoms with E-state index in [1.54, 1.807) is 4.68 Å². The van der Waals surface area contributed by atoms with Gasteiger partial charge in [-0.25, -0.2) is 4.79 Å². The van der Waals surface area contributed by atoms with Gasteiger partial charge < -0.3 is 14.8 Å². The molecule has 3 rings (SSSR count). The molecular formula is C23H31N5O3Si. The van der Waals surface area contributed by atoms with E-state index >= 15 is 0 Å². The van der Waals surface area contributed by atoms with Gasteiger partial charge >= 0.3 is 6.09 Å². The molecule has 170 valence electrons. The molecule has 0 aliphatic carbocycles. The molecule has 0 aliphatic rings. The number of nitrogens with zero attached hydrogens (tertiary/aromatic N) is 4. The molecule has 3 aromatic rings. The molecule has 0 spiro atoms. The van der Waals surface area contributed by atoms with Crippen LogP contribution < -0.4 is 5.32 Å². The van der Waals surface area contributed by atoms with Crippen LogP contribution >= 0.6 is 0 Å². The van der Waals surface area contributed by atoms with Crippen molar-refractivity contribution in [3.05, 3.63) is 77.6 Å². The SMILES string of the molecule is C[Si](C)(C)CCOCn1nnnc1C(Cc1ccccc1)OC(=O)NCc1ccccc1. The van der Waals surface area contributed by atoms with E-state index in [4.69, 9.17) is 9.47 Å². The van der Waals surface area contributed by atoms with Crippen molar-refractivity contribution in [3.8, 4) is 0 Å². The van der Waals surface area contributed by atoms with Crippen LogP contribution in [0.15, 0.2) is 60.7 Å². The Hall–Kier alpha value is -3.04. The summed E-state index contributed by atoms with van der Waals surface area (Å²) in [4.78, 5) is 12.6. The lowest BCUT2D eigenvalue weighted by molar-refractivity contribution is 0.0564. The molecule has 32 heavy (non-hydrogen) atoms. The van der Waals surface area contributed by atoms with Gasteiger partial charge in [0.15, 0.2) is 11.9 Å². The van der Waals surface area contributed by atoms with E-state index in [0.717, 1.165) is 17.2 Å². The van der Waals surface area contributed by atoms with E-state index in [9.17, 15) is 4.79 Å². The molecule has 1 unspecified atom stereocenters. The minimum Gasteiger partial charge on any atom is -0.438 e. The first-order chi connectivity index (χ1) is 15.4. The minimum atomic E-state index is -1.19. The average Bonchev–Trinajstić information content (AvgIpc) is 3.24. The van der Waals surface area contributed by atoms with Gasteiger partial charge in [-0.3, -0.25) is 0 Å². The molecule has 0 saturated heterocycles. The zero-order valence-electron chi connectivity index (χ0n) is 18.9. The van der Waals surface area contributed by atoms with E-state index in [0.29, 0.717) is 25.4 Å². The number of ether oxygens (including phenoxy) is 2. The Morgan fingerprint density at radius 1 is 1.03 bits per heavy atom. The Bertz CT molecular complexity index is 961. The summed E-state index contributed by atoms with van der Waals surface area (Å²) in [5.74, 6) is 0.455. The third-order valence-electron chi connectivity index (χ3n) is 4.85. The summed E-state index contributed by atoms with van der Waals surface area (Å²) >= 11 is 0. The van der Waals surface area contributed by atoms with Crippen molar-refractivity contribution in [3.63, 3.8) is 0 Å². The quantitative estimate of drug-likeness (QED) is 0.346. The van der Waals surface area contributed by atoms with Crippen molar-refractivity contribution in [2.45, 2.75) is 51.5 Å². The molecule has 8 nitrogen and oxygen atoms in total. The highest BCUT2D eigenvalue weighted by Gasteiger charge is 2.24. The first kappa shape index (κ1) is 23.6. The zero-order chi connectivity index (χ0) is 22.8. The van der Waals surface area contributed by atoms with Gasteiger partial charge in [0.2, 0.25) is 0 Å². The van der Waals surface area contributed by atoms with Gasteiger partial charge in [0.25, 0.3) is 0 Å². The maximum Gasteiger partial charge on any atom is 0.408 e. The van der Waals surface area contributed by atoms with Gasteiger partial charge in [0, 0.05) is 27.6 Å². The van der Waals surface area contributed by atoms with Crippen molar-refractivity contribution in [1.82, 2.24) is 25.5 Å². The smallest absolute Gasteiger partial charge is 0.408 e. The standard InChI is InChI=1S/C23H31N5O3Si/c1-32(2,3)15-14-30-18-28-22(25-26-27-28)21(16-19-10-6-4-7-11-19)31-23(29)24-17-20-12-8-5-9-13-20/h4-13,21H,14-18H2,1-3H3,(H,24,29). The number of tetrazole rings is 1. The maximum absolute atomic E-state index is 12.6. The molecule has 1 atom stereocenters. The third kappa shape index (κ3) is 7.90. The Kier molecular flexibility index (Phi) is 8.52. The number of carbonyl (C=O) groups is 1. The Morgan fingerprint density at radius 3 is 2.34 bits per heavy atom. The number of nitrogens with one attached hydrogen (secondary N) is 1. The predicted molar refractivity (Wildman–Crippen MR) is 125 cm³/mol. The fourth-order valence-corrected chi connectivity index (χ4v) is 3.77. The lowest BCUT2D eigenvalue weighted by Gasteiger charge is -2.19. The Morgan fingerprint density at radius 2 is 1.69 bits per heavy atom. The van der Waals surface area contributed by atoms with E-state index in [1.807, 2.05) is 60.7 Å². The number of carbonyl (C=O) groups excluding carboxylic acids is 1.